The molecule has 1 saturated heterocycles. The van der Waals surface area contributed by atoms with Crippen molar-refractivity contribution >= 4 is 11.8 Å². The number of aliphatic imine (C=N–C) groups is 1. The summed E-state index contributed by atoms with van der Waals surface area (Å²) in [5.41, 5.74) is 6.41. The van der Waals surface area contributed by atoms with E-state index < -0.39 is 5.60 Å². The summed E-state index contributed by atoms with van der Waals surface area (Å²) in [6.45, 7) is 26.4. The Kier molecular flexibility index (Phi) is 16.0. The van der Waals surface area contributed by atoms with Gasteiger partial charge < -0.3 is 14.5 Å². The van der Waals surface area contributed by atoms with Gasteiger partial charge in [0.05, 0.1) is 11.6 Å². The Bertz CT molecular complexity index is 1130. The van der Waals surface area contributed by atoms with Crippen LogP contribution >= 0.6 is 0 Å². The summed E-state index contributed by atoms with van der Waals surface area (Å²) in [6, 6.07) is 2.40. The first-order valence-electron chi connectivity index (χ1n) is 15.5. The van der Waals surface area contributed by atoms with Crippen molar-refractivity contribution in [3.63, 3.8) is 0 Å². The molecule has 42 heavy (non-hydrogen) atoms. The van der Waals surface area contributed by atoms with Crippen molar-refractivity contribution in [3.8, 4) is 6.07 Å². The Labute approximate surface area is 256 Å². The molecule has 232 valence electrons. The first-order valence-corrected chi connectivity index (χ1v) is 15.5. The summed E-state index contributed by atoms with van der Waals surface area (Å²) in [5.74, 6) is 0.642. The average molecular weight is 577 g/mol. The van der Waals surface area contributed by atoms with Crippen molar-refractivity contribution in [2.45, 2.75) is 113 Å². The number of allylic oxidation sites excluding steroid dienone is 10. The van der Waals surface area contributed by atoms with E-state index in [1.165, 1.54) is 35.3 Å². The number of carbonyl (C=O) groups is 1. The Morgan fingerprint density at radius 2 is 1.83 bits per heavy atom. The summed E-state index contributed by atoms with van der Waals surface area (Å²) in [4.78, 5) is 21.2. The predicted molar refractivity (Wildman–Crippen MR) is 178 cm³/mol. The number of carbonyl (C=O) groups excluding carboxylic acids is 1. The van der Waals surface area contributed by atoms with Crippen molar-refractivity contribution < 1.29 is 9.53 Å². The predicted octanol–water partition coefficient (Wildman–Crippen LogP) is 9.31. The van der Waals surface area contributed by atoms with Crippen LogP contribution in [0, 0.1) is 17.2 Å². The molecule has 2 rings (SSSR count). The van der Waals surface area contributed by atoms with Crippen LogP contribution in [0.2, 0.25) is 0 Å². The normalized spacial score (nSPS) is 19.6. The highest BCUT2D eigenvalue weighted by Gasteiger charge is 2.34. The van der Waals surface area contributed by atoms with Crippen molar-refractivity contribution in [2.24, 2.45) is 10.9 Å². The van der Waals surface area contributed by atoms with Crippen molar-refractivity contribution in [1.29, 1.82) is 5.26 Å². The third-order valence-corrected chi connectivity index (χ3v) is 7.16. The van der Waals surface area contributed by atoms with Gasteiger partial charge in [0.2, 0.25) is 0 Å². The number of nitriles is 1. The minimum absolute atomic E-state index is 0.213. The highest BCUT2D eigenvalue weighted by Crippen LogP contribution is 2.42. The molecule has 0 aromatic carbocycles. The van der Waals surface area contributed by atoms with Gasteiger partial charge >= 0.3 is 6.09 Å². The molecule has 1 aliphatic heterocycles. The molecular formula is C36H56N4O2. The van der Waals surface area contributed by atoms with E-state index in [-0.39, 0.29) is 12.1 Å². The lowest BCUT2D eigenvalue weighted by Crippen LogP contribution is -2.54. The summed E-state index contributed by atoms with van der Waals surface area (Å²) >= 11 is 0. The van der Waals surface area contributed by atoms with Gasteiger partial charge in [-0.3, -0.25) is 4.99 Å². The molecule has 1 saturated carbocycles. The minimum Gasteiger partial charge on any atom is -0.444 e. The van der Waals surface area contributed by atoms with E-state index in [0.29, 0.717) is 19.0 Å². The molecule has 0 bridgehead atoms. The number of rotatable bonds is 10. The van der Waals surface area contributed by atoms with Gasteiger partial charge in [-0.15, -0.1) is 0 Å². The lowest BCUT2D eigenvalue weighted by atomic mass is 9.94. The van der Waals surface area contributed by atoms with Crippen LogP contribution in [0.25, 0.3) is 0 Å². The summed E-state index contributed by atoms with van der Waals surface area (Å²) < 4.78 is 5.55. The van der Waals surface area contributed by atoms with Crippen LogP contribution in [0.1, 0.15) is 101 Å². The third kappa shape index (κ3) is 12.7. The Morgan fingerprint density at radius 1 is 1.17 bits per heavy atom. The number of nitrogens with zero attached hydrogens (tertiary/aromatic N) is 4. The quantitative estimate of drug-likeness (QED) is 0.148. The van der Waals surface area contributed by atoms with Crippen molar-refractivity contribution in [1.82, 2.24) is 9.80 Å². The SMILES string of the molecule is C=CN=C(C)C(/C(=C\C)C1CC1)=C(\C)N1CCN(C(=O)OC(C)(C)C)CC1C.CC/C=C/C=C(C#N)\C=C(/C)CCC. The van der Waals surface area contributed by atoms with Gasteiger partial charge in [0.25, 0.3) is 0 Å². The molecule has 0 N–H and O–H groups in total. The second kappa shape index (κ2) is 18.3. The van der Waals surface area contributed by atoms with Gasteiger partial charge in [-0.1, -0.05) is 50.6 Å². The van der Waals surface area contributed by atoms with E-state index in [4.69, 9.17) is 10.00 Å². The standard InChI is InChI=1S/C23H37N3O2.C13H19N/c1-9-20(19-11-12-19)21(17(4)24-10-2)18(5)26-14-13-25(15-16(26)3)22(27)28-23(6,7)8;1-4-6-7-9-13(11-14)10-12(3)8-5-2/h9-10,16,19H,2,11-15H2,1,3-8H3;6-7,9-10H,4-5,8H2,1-3H3/b20-9-,21-18-,24-17?;7-6+,12-10+,13-9+. The Hall–Kier alpha value is -3.33. The van der Waals surface area contributed by atoms with Crippen LogP contribution in [0.4, 0.5) is 4.79 Å². The highest BCUT2D eigenvalue weighted by atomic mass is 16.6. The molecule has 1 aliphatic carbocycles. The summed E-state index contributed by atoms with van der Waals surface area (Å²) in [5, 5.41) is 8.85. The van der Waals surface area contributed by atoms with Crippen molar-refractivity contribution in [3.05, 3.63) is 71.1 Å². The monoisotopic (exact) mass is 576 g/mol. The van der Waals surface area contributed by atoms with Gasteiger partial charge in [-0.05, 0) is 105 Å². The molecule has 2 aliphatic rings. The molecule has 6 nitrogen and oxygen atoms in total. The molecule has 1 heterocycles. The maximum atomic E-state index is 12.4. The van der Waals surface area contributed by atoms with Crippen molar-refractivity contribution in [2.75, 3.05) is 19.6 Å². The largest absolute Gasteiger partial charge is 0.444 e. The Morgan fingerprint density at radius 3 is 2.31 bits per heavy atom. The maximum Gasteiger partial charge on any atom is 0.410 e. The van der Waals surface area contributed by atoms with Gasteiger partial charge in [0.1, 0.15) is 5.60 Å². The first-order chi connectivity index (χ1) is 19.8. The molecule has 6 heteroatoms. The summed E-state index contributed by atoms with van der Waals surface area (Å²) in [6.07, 6.45) is 17.1. The molecule has 2 fully saturated rings. The zero-order chi connectivity index (χ0) is 31.9. The van der Waals surface area contributed by atoms with Crippen LogP contribution in [0.5, 0.6) is 0 Å². The average Bonchev–Trinajstić information content (AvgIpc) is 3.76. The van der Waals surface area contributed by atoms with Crippen LogP contribution < -0.4 is 0 Å². The lowest BCUT2D eigenvalue weighted by Gasteiger charge is -2.42. The van der Waals surface area contributed by atoms with Gasteiger partial charge in [-0.25, -0.2) is 4.79 Å². The maximum absolute atomic E-state index is 12.4. The fourth-order valence-corrected chi connectivity index (χ4v) is 5.11. The van der Waals surface area contributed by atoms with Crippen LogP contribution in [-0.2, 0) is 4.74 Å². The smallest absolute Gasteiger partial charge is 0.410 e. The topological polar surface area (TPSA) is 68.9 Å². The second-order valence-electron chi connectivity index (χ2n) is 12.2. The molecule has 1 amide bonds. The van der Waals surface area contributed by atoms with Gasteiger partial charge in [0, 0.05) is 48.9 Å². The molecule has 0 aromatic rings. The molecule has 0 aromatic heterocycles. The van der Waals surface area contributed by atoms with Gasteiger partial charge in [-0.2, -0.15) is 5.26 Å². The Balaban J connectivity index is 0.000000532. The van der Waals surface area contributed by atoms with E-state index in [0.717, 1.165) is 37.1 Å². The molecule has 1 atom stereocenters. The number of hydrogen-bond acceptors (Lipinski definition) is 5. The molecule has 1 unspecified atom stereocenters. The lowest BCUT2D eigenvalue weighted by molar-refractivity contribution is 0.0101. The number of amides is 1. The van der Waals surface area contributed by atoms with Crippen LogP contribution in [0.3, 0.4) is 0 Å². The van der Waals surface area contributed by atoms with E-state index in [2.05, 4.69) is 77.1 Å². The number of piperazine rings is 1. The zero-order valence-electron chi connectivity index (χ0n) is 28.1. The second-order valence-corrected chi connectivity index (χ2v) is 12.2. The van der Waals surface area contributed by atoms with E-state index in [1.807, 2.05) is 50.0 Å². The molecule has 0 radical (unpaired) electrons. The zero-order valence-corrected chi connectivity index (χ0v) is 28.1. The fraction of sp³-hybridized carbons (Fsp3) is 0.583. The number of ether oxygens (including phenoxy) is 1. The first kappa shape index (κ1) is 36.7. The third-order valence-electron chi connectivity index (χ3n) is 7.16. The number of hydrogen-bond donors (Lipinski definition) is 0. The summed E-state index contributed by atoms with van der Waals surface area (Å²) in [7, 11) is 0. The molecule has 0 spiro atoms. The van der Waals surface area contributed by atoms with Gasteiger partial charge in [0.15, 0.2) is 0 Å². The van der Waals surface area contributed by atoms with Crippen LogP contribution in [-0.4, -0.2) is 52.9 Å². The van der Waals surface area contributed by atoms with E-state index in [1.54, 1.807) is 6.20 Å². The highest BCUT2D eigenvalue weighted by molar-refractivity contribution is 6.03. The molecular weight excluding hydrogens is 520 g/mol. The fourth-order valence-electron chi connectivity index (χ4n) is 5.11. The van der Waals surface area contributed by atoms with Crippen LogP contribution in [0.15, 0.2) is 76.1 Å². The van der Waals surface area contributed by atoms with E-state index >= 15 is 0 Å². The van der Waals surface area contributed by atoms with E-state index in [9.17, 15) is 4.79 Å². The minimum atomic E-state index is -0.468.